The molecule has 2 rings (SSSR count). The number of benzene rings is 1. The zero-order valence-corrected chi connectivity index (χ0v) is 11.3. The topological polar surface area (TPSA) is 92.4 Å². The van der Waals surface area contributed by atoms with Gasteiger partial charge in [-0.05, 0) is 43.9 Å². The molecule has 0 amide bonds. The zero-order valence-electron chi connectivity index (χ0n) is 10.5. The minimum atomic E-state index is -3.57. The van der Waals surface area contributed by atoms with Crippen LogP contribution >= 0.6 is 0 Å². The van der Waals surface area contributed by atoms with E-state index in [1.54, 1.807) is 26.0 Å². The highest BCUT2D eigenvalue weighted by Gasteiger charge is 2.32. The monoisotopic (exact) mass is 270 g/mol. The van der Waals surface area contributed by atoms with E-state index in [9.17, 15) is 13.5 Å². The van der Waals surface area contributed by atoms with Gasteiger partial charge in [0.1, 0.15) is 0 Å². The number of sulfonamides is 1. The Morgan fingerprint density at radius 2 is 1.94 bits per heavy atom. The first-order chi connectivity index (χ1) is 8.31. The molecule has 0 aromatic heterocycles. The van der Waals surface area contributed by atoms with Crippen LogP contribution in [-0.4, -0.2) is 25.7 Å². The predicted molar refractivity (Wildman–Crippen MR) is 69.7 cm³/mol. The molecule has 100 valence electrons. The van der Waals surface area contributed by atoms with Crippen LogP contribution in [0, 0.1) is 13.8 Å². The van der Waals surface area contributed by atoms with E-state index in [1.807, 2.05) is 0 Å². The molecule has 4 N–H and O–H groups in total. The van der Waals surface area contributed by atoms with Gasteiger partial charge in [-0.3, -0.25) is 0 Å². The lowest BCUT2D eigenvalue weighted by molar-refractivity contribution is 0.0712. The smallest absolute Gasteiger partial charge is 0.241 e. The van der Waals surface area contributed by atoms with Crippen LogP contribution in [0.25, 0.3) is 0 Å². The number of aryl methyl sites for hydroxylation is 1. The molecule has 6 heteroatoms. The zero-order chi connectivity index (χ0) is 13.5. The number of nitrogen functional groups attached to an aromatic ring is 1. The van der Waals surface area contributed by atoms with Crippen LogP contribution in [0.2, 0.25) is 0 Å². The normalized spacial score (nSPS) is 23.7. The SMILES string of the molecule is Cc1ccc(N)c(C)c1S(=O)(=O)NC1CC(O)C1. The molecule has 1 aromatic carbocycles. The van der Waals surface area contributed by atoms with Crippen LogP contribution in [0.15, 0.2) is 17.0 Å². The summed E-state index contributed by atoms with van der Waals surface area (Å²) in [5, 5.41) is 9.18. The van der Waals surface area contributed by atoms with Crippen molar-refractivity contribution in [2.75, 3.05) is 5.73 Å². The number of anilines is 1. The Bertz CT molecular complexity index is 563. The lowest BCUT2D eigenvalue weighted by Gasteiger charge is -2.32. The van der Waals surface area contributed by atoms with E-state index in [4.69, 9.17) is 5.73 Å². The summed E-state index contributed by atoms with van der Waals surface area (Å²) >= 11 is 0. The summed E-state index contributed by atoms with van der Waals surface area (Å²) in [6, 6.07) is 3.23. The molecular formula is C12H18N2O3S. The molecule has 1 aliphatic rings. The van der Waals surface area contributed by atoms with Crippen molar-refractivity contribution in [1.82, 2.24) is 4.72 Å². The van der Waals surface area contributed by atoms with E-state index in [1.165, 1.54) is 0 Å². The predicted octanol–water partition coefficient (Wildman–Crippen LogP) is 0.687. The van der Waals surface area contributed by atoms with Gasteiger partial charge in [0, 0.05) is 11.7 Å². The van der Waals surface area contributed by atoms with E-state index in [0.717, 1.165) is 0 Å². The summed E-state index contributed by atoms with van der Waals surface area (Å²) in [5.41, 5.74) is 7.47. The molecule has 1 fully saturated rings. The van der Waals surface area contributed by atoms with Gasteiger partial charge >= 0.3 is 0 Å². The van der Waals surface area contributed by atoms with Crippen molar-refractivity contribution in [3.8, 4) is 0 Å². The number of hydrogen-bond donors (Lipinski definition) is 3. The van der Waals surface area contributed by atoms with Crippen LogP contribution in [0.1, 0.15) is 24.0 Å². The van der Waals surface area contributed by atoms with Gasteiger partial charge < -0.3 is 10.8 Å². The van der Waals surface area contributed by atoms with Gasteiger partial charge in [0.2, 0.25) is 10.0 Å². The van der Waals surface area contributed by atoms with E-state index in [2.05, 4.69) is 4.72 Å². The van der Waals surface area contributed by atoms with Gasteiger partial charge in [-0.1, -0.05) is 6.07 Å². The maximum atomic E-state index is 12.3. The molecule has 0 radical (unpaired) electrons. The fourth-order valence-corrected chi connectivity index (χ4v) is 3.98. The van der Waals surface area contributed by atoms with Gasteiger partial charge in [0.25, 0.3) is 0 Å². The second kappa shape index (κ2) is 4.53. The standard InChI is InChI=1S/C12H18N2O3S/c1-7-3-4-11(13)8(2)12(7)18(16,17)14-9-5-10(15)6-9/h3-4,9-10,14-15H,5-6,13H2,1-2H3. The van der Waals surface area contributed by atoms with Gasteiger partial charge in [0.05, 0.1) is 11.0 Å². The molecule has 1 aromatic rings. The van der Waals surface area contributed by atoms with Crippen molar-refractivity contribution in [3.05, 3.63) is 23.3 Å². The largest absolute Gasteiger partial charge is 0.398 e. The fourth-order valence-electron chi connectivity index (χ4n) is 2.22. The van der Waals surface area contributed by atoms with Crippen molar-refractivity contribution in [1.29, 1.82) is 0 Å². The Labute approximate surface area is 107 Å². The molecule has 0 aliphatic heterocycles. The molecular weight excluding hydrogens is 252 g/mol. The van der Waals surface area contributed by atoms with Gasteiger partial charge in [-0.25, -0.2) is 13.1 Å². The Morgan fingerprint density at radius 3 is 2.50 bits per heavy atom. The van der Waals surface area contributed by atoms with Crippen LogP contribution in [0.5, 0.6) is 0 Å². The average Bonchev–Trinajstić information content (AvgIpc) is 2.21. The van der Waals surface area contributed by atoms with Gasteiger partial charge in [0.15, 0.2) is 0 Å². The number of aliphatic hydroxyl groups is 1. The average molecular weight is 270 g/mol. The highest BCUT2D eigenvalue weighted by Crippen LogP contribution is 2.27. The van der Waals surface area contributed by atoms with Crippen molar-refractivity contribution in [2.24, 2.45) is 0 Å². The number of nitrogens with two attached hydrogens (primary N) is 1. The summed E-state index contributed by atoms with van der Waals surface area (Å²) in [5.74, 6) is 0. The molecule has 5 nitrogen and oxygen atoms in total. The lowest BCUT2D eigenvalue weighted by Crippen LogP contribution is -2.46. The highest BCUT2D eigenvalue weighted by atomic mass is 32.2. The third kappa shape index (κ3) is 2.36. The number of rotatable bonds is 3. The minimum absolute atomic E-state index is 0.176. The van der Waals surface area contributed by atoms with Crippen molar-refractivity contribution in [3.63, 3.8) is 0 Å². The Balaban J connectivity index is 2.32. The van der Waals surface area contributed by atoms with Crippen molar-refractivity contribution < 1.29 is 13.5 Å². The number of nitrogens with one attached hydrogen (secondary N) is 1. The third-order valence-electron chi connectivity index (χ3n) is 3.35. The molecule has 0 bridgehead atoms. The second-order valence-corrected chi connectivity index (χ2v) is 6.52. The molecule has 0 heterocycles. The number of hydrogen-bond acceptors (Lipinski definition) is 4. The second-order valence-electron chi connectivity index (χ2n) is 4.87. The van der Waals surface area contributed by atoms with Crippen molar-refractivity contribution in [2.45, 2.75) is 43.7 Å². The van der Waals surface area contributed by atoms with Crippen LogP contribution in [0.3, 0.4) is 0 Å². The quantitative estimate of drug-likeness (QED) is 0.704. The first-order valence-electron chi connectivity index (χ1n) is 5.87. The Kier molecular flexibility index (Phi) is 3.35. The fraction of sp³-hybridized carbons (Fsp3) is 0.500. The molecule has 0 spiro atoms. The molecule has 0 unspecified atom stereocenters. The molecule has 0 atom stereocenters. The maximum absolute atomic E-state index is 12.3. The summed E-state index contributed by atoms with van der Waals surface area (Å²) in [7, 11) is -3.57. The molecule has 0 saturated heterocycles. The van der Waals surface area contributed by atoms with Gasteiger partial charge in [-0.2, -0.15) is 0 Å². The third-order valence-corrected chi connectivity index (χ3v) is 5.16. The van der Waals surface area contributed by atoms with E-state index < -0.39 is 10.0 Å². The molecule has 1 aliphatic carbocycles. The van der Waals surface area contributed by atoms with E-state index >= 15 is 0 Å². The first-order valence-corrected chi connectivity index (χ1v) is 7.35. The van der Waals surface area contributed by atoms with Crippen LogP contribution in [-0.2, 0) is 10.0 Å². The van der Waals surface area contributed by atoms with Gasteiger partial charge in [-0.15, -0.1) is 0 Å². The molecule has 1 saturated carbocycles. The van der Waals surface area contributed by atoms with Crippen molar-refractivity contribution >= 4 is 15.7 Å². The van der Waals surface area contributed by atoms with E-state index in [-0.39, 0.29) is 17.0 Å². The maximum Gasteiger partial charge on any atom is 0.241 e. The molecule has 18 heavy (non-hydrogen) atoms. The van der Waals surface area contributed by atoms with E-state index in [0.29, 0.717) is 29.7 Å². The first kappa shape index (κ1) is 13.3. The summed E-state index contributed by atoms with van der Waals surface area (Å²) in [6.07, 6.45) is 0.556. The summed E-state index contributed by atoms with van der Waals surface area (Å²) in [6.45, 7) is 3.45. The highest BCUT2D eigenvalue weighted by molar-refractivity contribution is 7.89. The van der Waals surface area contributed by atoms with Crippen LogP contribution in [0.4, 0.5) is 5.69 Å². The Hall–Kier alpha value is -1.11. The summed E-state index contributed by atoms with van der Waals surface area (Å²) in [4.78, 5) is 0.254. The van der Waals surface area contributed by atoms with Crippen LogP contribution < -0.4 is 10.5 Å². The Morgan fingerprint density at radius 1 is 1.33 bits per heavy atom. The lowest BCUT2D eigenvalue weighted by atomic mass is 9.91. The number of aliphatic hydroxyl groups excluding tert-OH is 1. The summed E-state index contributed by atoms with van der Waals surface area (Å²) < 4.78 is 27.2. The minimum Gasteiger partial charge on any atom is -0.398 e.